The molecule has 10 heteroatoms. The number of carbonyl (C=O) groups excluding carboxylic acids is 2. The van der Waals surface area contributed by atoms with Gasteiger partial charge < -0.3 is 5.32 Å². The fourth-order valence-corrected chi connectivity index (χ4v) is 5.42. The number of hydrogen-bond acceptors (Lipinski definition) is 5. The van der Waals surface area contributed by atoms with E-state index in [1.165, 1.54) is 23.1 Å². The van der Waals surface area contributed by atoms with Crippen molar-refractivity contribution in [3.63, 3.8) is 0 Å². The summed E-state index contributed by atoms with van der Waals surface area (Å²) in [4.78, 5) is 26.5. The van der Waals surface area contributed by atoms with E-state index in [9.17, 15) is 18.0 Å². The number of amidine groups is 1. The molecule has 1 aliphatic heterocycles. The van der Waals surface area contributed by atoms with Crippen LogP contribution in [0.2, 0.25) is 0 Å². The topological polar surface area (TPSA) is 95.9 Å². The van der Waals surface area contributed by atoms with Crippen LogP contribution in [0.15, 0.2) is 75.0 Å². The lowest BCUT2D eigenvalue weighted by Crippen LogP contribution is -2.33. The number of anilines is 1. The van der Waals surface area contributed by atoms with Gasteiger partial charge in [0.25, 0.3) is 10.0 Å². The first kappa shape index (κ1) is 23.2. The quantitative estimate of drug-likeness (QED) is 0.556. The molecule has 2 amide bonds. The number of benzene rings is 2. The number of sulfonamides is 1. The summed E-state index contributed by atoms with van der Waals surface area (Å²) in [5.74, 6) is -0.723. The van der Waals surface area contributed by atoms with Crippen LogP contribution in [-0.4, -0.2) is 42.1 Å². The fourth-order valence-electron chi connectivity index (χ4n) is 2.79. The minimum Gasteiger partial charge on any atom is -0.326 e. The van der Waals surface area contributed by atoms with Crippen LogP contribution in [0.5, 0.6) is 0 Å². The number of aryl methyl sites for hydroxylation is 1. The first-order valence-corrected chi connectivity index (χ1v) is 12.4. The monoisotopic (exact) mass is 521 g/mol. The Bertz CT molecular complexity index is 1130. The third-order valence-electron chi connectivity index (χ3n) is 4.35. The van der Waals surface area contributed by atoms with Crippen LogP contribution in [0.25, 0.3) is 0 Å². The Morgan fingerprint density at radius 3 is 2.48 bits per heavy atom. The minimum absolute atomic E-state index is 0.00960. The van der Waals surface area contributed by atoms with Gasteiger partial charge >= 0.3 is 0 Å². The molecule has 1 aliphatic rings. The summed E-state index contributed by atoms with van der Waals surface area (Å²) in [5, 5.41) is 2.01. The van der Waals surface area contributed by atoms with Crippen molar-refractivity contribution in [2.24, 2.45) is 4.40 Å². The number of amides is 2. The molecule has 1 heterocycles. The predicted molar refractivity (Wildman–Crippen MR) is 126 cm³/mol. The smallest absolute Gasteiger partial charge is 0.284 e. The van der Waals surface area contributed by atoms with Gasteiger partial charge in [0.2, 0.25) is 11.8 Å². The lowest BCUT2D eigenvalue weighted by atomic mass is 10.2. The van der Waals surface area contributed by atoms with E-state index in [2.05, 4.69) is 32.2 Å². The molecule has 0 saturated carbocycles. The van der Waals surface area contributed by atoms with Crippen LogP contribution in [0.4, 0.5) is 5.69 Å². The maximum absolute atomic E-state index is 12.8. The van der Waals surface area contributed by atoms with Gasteiger partial charge in [0.1, 0.15) is 5.25 Å². The van der Waals surface area contributed by atoms with E-state index in [1.807, 2.05) is 19.1 Å². The molecule has 0 spiro atoms. The molecule has 1 atom stereocenters. The Balaban J connectivity index is 1.78. The zero-order valence-electron chi connectivity index (χ0n) is 16.6. The molecule has 0 radical (unpaired) electrons. The number of rotatable bonds is 7. The maximum Gasteiger partial charge on any atom is 0.284 e. The van der Waals surface area contributed by atoms with E-state index < -0.39 is 15.3 Å². The molecule has 162 valence electrons. The highest BCUT2D eigenvalue weighted by molar-refractivity contribution is 9.10. The third kappa shape index (κ3) is 5.84. The van der Waals surface area contributed by atoms with Crippen molar-refractivity contribution in [2.45, 2.75) is 23.5 Å². The van der Waals surface area contributed by atoms with Gasteiger partial charge in [-0.15, -0.1) is 11.0 Å². The van der Waals surface area contributed by atoms with Crippen molar-refractivity contribution >= 4 is 60.4 Å². The largest absolute Gasteiger partial charge is 0.326 e. The van der Waals surface area contributed by atoms with Gasteiger partial charge in [0, 0.05) is 23.1 Å². The highest BCUT2D eigenvalue weighted by Gasteiger charge is 2.39. The zero-order valence-corrected chi connectivity index (χ0v) is 19.8. The average Bonchev–Trinajstić information content (AvgIpc) is 2.98. The summed E-state index contributed by atoms with van der Waals surface area (Å²) < 4.78 is 30.0. The number of nitrogens with zero attached hydrogens (tertiary/aromatic N) is 2. The predicted octanol–water partition coefficient (Wildman–Crippen LogP) is 3.96. The van der Waals surface area contributed by atoms with Crippen molar-refractivity contribution < 1.29 is 18.0 Å². The summed E-state index contributed by atoms with van der Waals surface area (Å²) in [7, 11) is -4.02. The van der Waals surface area contributed by atoms with Gasteiger partial charge in [-0.1, -0.05) is 51.5 Å². The van der Waals surface area contributed by atoms with E-state index >= 15 is 0 Å². The standard InChI is InChI=1S/C21H20BrN3O4S2/c1-3-12-25-20(27)18(13-19(26)23-16-8-4-14(2)5-9-16)30-21(25)24-31(28,29)17-10-6-15(22)7-11-17/h3-11,18H,1,12-13H2,2H3,(H,23,26)/b24-21+. The van der Waals surface area contributed by atoms with Crippen LogP contribution in [0, 0.1) is 6.92 Å². The van der Waals surface area contributed by atoms with Crippen molar-refractivity contribution in [1.29, 1.82) is 0 Å². The molecule has 1 fully saturated rings. The number of hydrogen-bond donors (Lipinski definition) is 1. The second-order valence-electron chi connectivity index (χ2n) is 6.77. The van der Waals surface area contributed by atoms with Crippen molar-refractivity contribution in [3.05, 3.63) is 71.2 Å². The van der Waals surface area contributed by atoms with E-state index in [0.717, 1.165) is 21.8 Å². The van der Waals surface area contributed by atoms with Crippen molar-refractivity contribution in [1.82, 2.24) is 4.90 Å². The molecule has 1 N–H and O–H groups in total. The fraction of sp³-hybridized carbons (Fsp3) is 0.190. The number of nitrogens with one attached hydrogen (secondary N) is 1. The summed E-state index contributed by atoms with van der Waals surface area (Å²) in [6, 6.07) is 13.3. The summed E-state index contributed by atoms with van der Waals surface area (Å²) in [6.45, 7) is 5.65. The summed E-state index contributed by atoms with van der Waals surface area (Å²) >= 11 is 4.22. The van der Waals surface area contributed by atoms with E-state index in [4.69, 9.17) is 0 Å². The molecule has 0 bridgehead atoms. The van der Waals surface area contributed by atoms with Crippen molar-refractivity contribution in [3.8, 4) is 0 Å². The number of carbonyl (C=O) groups is 2. The lowest BCUT2D eigenvalue weighted by Gasteiger charge is -2.13. The second kappa shape index (κ2) is 9.80. The Hall–Kier alpha value is -2.43. The SMILES string of the molecule is C=CCN1C(=O)C(CC(=O)Nc2ccc(C)cc2)S/C1=N/S(=O)(=O)c1ccc(Br)cc1. The van der Waals surface area contributed by atoms with Crippen LogP contribution < -0.4 is 5.32 Å². The maximum atomic E-state index is 12.8. The molecule has 0 aliphatic carbocycles. The Morgan fingerprint density at radius 1 is 1.23 bits per heavy atom. The van der Waals surface area contributed by atoms with Crippen molar-refractivity contribution in [2.75, 3.05) is 11.9 Å². The van der Waals surface area contributed by atoms with E-state index in [-0.39, 0.29) is 34.8 Å². The molecule has 0 aromatic heterocycles. The molecule has 3 rings (SSSR count). The number of halogens is 1. The van der Waals surface area contributed by atoms with Crippen LogP contribution >= 0.6 is 27.7 Å². The van der Waals surface area contributed by atoms with Gasteiger partial charge in [0.05, 0.1) is 4.90 Å². The van der Waals surface area contributed by atoms with Gasteiger partial charge in [-0.2, -0.15) is 8.42 Å². The molecule has 7 nitrogen and oxygen atoms in total. The Morgan fingerprint density at radius 2 is 1.87 bits per heavy atom. The molecular formula is C21H20BrN3O4S2. The van der Waals surface area contributed by atoms with Crippen LogP contribution in [-0.2, 0) is 19.6 Å². The molecule has 1 saturated heterocycles. The lowest BCUT2D eigenvalue weighted by molar-refractivity contribution is -0.127. The van der Waals surface area contributed by atoms with E-state index in [1.54, 1.807) is 24.3 Å². The minimum atomic E-state index is -4.02. The molecule has 2 aromatic rings. The zero-order chi connectivity index (χ0) is 22.6. The summed E-state index contributed by atoms with van der Waals surface area (Å²) in [6.07, 6.45) is 1.37. The Kier molecular flexibility index (Phi) is 7.34. The molecule has 2 aromatic carbocycles. The first-order valence-electron chi connectivity index (χ1n) is 9.25. The number of thioether (sulfide) groups is 1. The highest BCUT2D eigenvalue weighted by Crippen LogP contribution is 2.31. The van der Waals surface area contributed by atoms with Crippen LogP contribution in [0.1, 0.15) is 12.0 Å². The third-order valence-corrected chi connectivity index (χ3v) is 7.45. The average molecular weight is 522 g/mol. The van der Waals surface area contributed by atoms with Gasteiger partial charge in [0.15, 0.2) is 5.17 Å². The first-order chi connectivity index (χ1) is 14.7. The van der Waals surface area contributed by atoms with Crippen LogP contribution in [0.3, 0.4) is 0 Å². The van der Waals surface area contributed by atoms with E-state index in [0.29, 0.717) is 5.69 Å². The normalized spacial score (nSPS) is 17.7. The second-order valence-corrected chi connectivity index (χ2v) is 10.5. The van der Waals surface area contributed by atoms with Gasteiger partial charge in [-0.25, -0.2) is 0 Å². The highest BCUT2D eigenvalue weighted by atomic mass is 79.9. The molecular weight excluding hydrogens is 502 g/mol. The van der Waals surface area contributed by atoms with Gasteiger partial charge in [-0.05, 0) is 43.3 Å². The summed E-state index contributed by atoms with van der Waals surface area (Å²) in [5.41, 5.74) is 1.69. The molecule has 1 unspecified atom stereocenters. The Labute approximate surface area is 193 Å². The molecule has 31 heavy (non-hydrogen) atoms. The van der Waals surface area contributed by atoms with Gasteiger partial charge in [-0.3, -0.25) is 14.5 Å².